The van der Waals surface area contributed by atoms with Crippen molar-refractivity contribution in [3.63, 3.8) is 0 Å². The second-order valence-corrected chi connectivity index (χ2v) is 8.39. The lowest BCUT2D eigenvalue weighted by Gasteiger charge is -2.17. The summed E-state index contributed by atoms with van der Waals surface area (Å²) in [5, 5.41) is 4.17. The van der Waals surface area contributed by atoms with E-state index in [1.54, 1.807) is 21.1 Å². The van der Waals surface area contributed by atoms with Gasteiger partial charge in [0.2, 0.25) is 11.7 Å². The SMILES string of the molecule is COc1ccc(Cc2nc(-c3ccc4c(c3)nc(C)c(=O)n4C3CCCC3)no2)cc1OC. The van der Waals surface area contributed by atoms with Crippen LogP contribution in [0.4, 0.5) is 0 Å². The number of nitrogens with zero attached hydrogens (tertiary/aromatic N) is 4. The third-order valence-electron chi connectivity index (χ3n) is 6.27. The normalized spacial score (nSPS) is 14.2. The van der Waals surface area contributed by atoms with Gasteiger partial charge in [-0.2, -0.15) is 4.98 Å². The fraction of sp³-hybridized carbons (Fsp3) is 0.360. The summed E-state index contributed by atoms with van der Waals surface area (Å²) in [7, 11) is 3.21. The van der Waals surface area contributed by atoms with Crippen molar-refractivity contribution in [2.75, 3.05) is 14.2 Å². The van der Waals surface area contributed by atoms with Gasteiger partial charge < -0.3 is 18.6 Å². The monoisotopic (exact) mass is 446 g/mol. The van der Waals surface area contributed by atoms with E-state index in [-0.39, 0.29) is 11.6 Å². The molecule has 1 aliphatic rings. The number of aromatic nitrogens is 4. The van der Waals surface area contributed by atoms with E-state index in [1.807, 2.05) is 41.0 Å². The summed E-state index contributed by atoms with van der Waals surface area (Å²) in [4.78, 5) is 22.0. The first-order valence-electron chi connectivity index (χ1n) is 11.1. The van der Waals surface area contributed by atoms with Crippen LogP contribution in [0.2, 0.25) is 0 Å². The van der Waals surface area contributed by atoms with Crippen LogP contribution in [-0.4, -0.2) is 33.9 Å². The summed E-state index contributed by atoms with van der Waals surface area (Å²) in [6.45, 7) is 1.77. The van der Waals surface area contributed by atoms with E-state index in [2.05, 4.69) is 15.1 Å². The van der Waals surface area contributed by atoms with E-state index in [0.717, 1.165) is 47.8 Å². The van der Waals surface area contributed by atoms with Crippen molar-refractivity contribution < 1.29 is 14.0 Å². The van der Waals surface area contributed by atoms with Gasteiger partial charge in [0.1, 0.15) is 5.69 Å². The molecule has 0 unspecified atom stereocenters. The van der Waals surface area contributed by atoms with Gasteiger partial charge >= 0.3 is 0 Å². The zero-order valence-corrected chi connectivity index (χ0v) is 19.0. The molecule has 2 aromatic heterocycles. The van der Waals surface area contributed by atoms with E-state index < -0.39 is 0 Å². The summed E-state index contributed by atoms with van der Waals surface area (Å²) < 4.78 is 18.1. The average Bonchev–Trinajstić information content (AvgIpc) is 3.52. The second kappa shape index (κ2) is 8.69. The number of methoxy groups -OCH3 is 2. The Bertz CT molecular complexity index is 1370. The Balaban J connectivity index is 1.46. The Morgan fingerprint density at radius 2 is 1.82 bits per heavy atom. The molecule has 1 saturated carbocycles. The molecule has 5 rings (SSSR count). The highest BCUT2D eigenvalue weighted by Crippen LogP contribution is 2.32. The first kappa shape index (κ1) is 21.2. The Morgan fingerprint density at radius 1 is 1.03 bits per heavy atom. The first-order valence-corrected chi connectivity index (χ1v) is 11.1. The molecule has 0 amide bonds. The van der Waals surface area contributed by atoms with Crippen LogP contribution < -0.4 is 15.0 Å². The fourth-order valence-corrected chi connectivity index (χ4v) is 4.60. The lowest BCUT2D eigenvalue weighted by Crippen LogP contribution is -2.26. The average molecular weight is 447 g/mol. The standard InChI is InChI=1S/C25H26N4O4/c1-15-25(30)29(18-6-4-5-7-18)20-10-9-17(14-19(20)26-15)24-27-23(33-28-24)13-16-8-11-21(31-2)22(12-16)32-3/h8-12,14,18H,4-7,13H2,1-3H3. The summed E-state index contributed by atoms with van der Waals surface area (Å²) in [6.07, 6.45) is 4.85. The third-order valence-corrected chi connectivity index (χ3v) is 6.27. The van der Waals surface area contributed by atoms with E-state index in [9.17, 15) is 4.79 Å². The summed E-state index contributed by atoms with van der Waals surface area (Å²) in [6, 6.07) is 11.7. The molecule has 170 valence electrons. The van der Waals surface area contributed by atoms with Crippen molar-refractivity contribution in [1.82, 2.24) is 19.7 Å². The fourth-order valence-electron chi connectivity index (χ4n) is 4.60. The van der Waals surface area contributed by atoms with Crippen molar-refractivity contribution in [2.24, 2.45) is 0 Å². The molecule has 1 aliphatic carbocycles. The van der Waals surface area contributed by atoms with Gasteiger partial charge in [-0.05, 0) is 55.7 Å². The minimum absolute atomic E-state index is 0.00100. The van der Waals surface area contributed by atoms with E-state index >= 15 is 0 Å². The van der Waals surface area contributed by atoms with Gasteiger partial charge in [-0.1, -0.05) is 24.1 Å². The van der Waals surface area contributed by atoms with Crippen LogP contribution in [0, 0.1) is 6.92 Å². The molecule has 8 nitrogen and oxygen atoms in total. The maximum atomic E-state index is 12.8. The predicted octanol–water partition coefficient (Wildman–Crippen LogP) is 4.48. The van der Waals surface area contributed by atoms with Gasteiger partial charge in [0.05, 0.1) is 31.7 Å². The van der Waals surface area contributed by atoms with Crippen LogP contribution in [0.25, 0.3) is 22.4 Å². The summed E-state index contributed by atoms with van der Waals surface area (Å²) in [5.41, 5.74) is 3.90. The molecular weight excluding hydrogens is 420 g/mol. The van der Waals surface area contributed by atoms with Crippen LogP contribution in [0.15, 0.2) is 45.7 Å². The molecule has 4 aromatic rings. The smallest absolute Gasteiger partial charge is 0.272 e. The summed E-state index contributed by atoms with van der Waals surface area (Å²) in [5.74, 6) is 2.31. The van der Waals surface area contributed by atoms with Gasteiger partial charge in [0.25, 0.3) is 5.56 Å². The Hall–Kier alpha value is -3.68. The van der Waals surface area contributed by atoms with Crippen molar-refractivity contribution in [2.45, 2.75) is 45.1 Å². The van der Waals surface area contributed by atoms with E-state index in [4.69, 9.17) is 14.0 Å². The van der Waals surface area contributed by atoms with Gasteiger partial charge in [0, 0.05) is 11.6 Å². The molecule has 0 aliphatic heterocycles. The van der Waals surface area contributed by atoms with Crippen LogP contribution in [0.1, 0.15) is 48.9 Å². The largest absolute Gasteiger partial charge is 0.493 e. The number of benzene rings is 2. The molecule has 33 heavy (non-hydrogen) atoms. The molecule has 2 heterocycles. The molecule has 0 radical (unpaired) electrons. The van der Waals surface area contributed by atoms with Crippen LogP contribution in [0.3, 0.4) is 0 Å². The first-order chi connectivity index (χ1) is 16.1. The van der Waals surface area contributed by atoms with Gasteiger partial charge in [-0.25, -0.2) is 4.98 Å². The number of rotatable bonds is 6. The number of fused-ring (bicyclic) bond motifs is 1. The van der Waals surface area contributed by atoms with Crippen molar-refractivity contribution in [3.8, 4) is 22.9 Å². The maximum Gasteiger partial charge on any atom is 0.272 e. The molecule has 0 bridgehead atoms. The molecular formula is C25H26N4O4. The number of hydrogen-bond acceptors (Lipinski definition) is 7. The highest BCUT2D eigenvalue weighted by Gasteiger charge is 2.22. The molecule has 2 aromatic carbocycles. The van der Waals surface area contributed by atoms with Crippen molar-refractivity contribution >= 4 is 11.0 Å². The van der Waals surface area contributed by atoms with Gasteiger partial charge in [-0.15, -0.1) is 0 Å². The zero-order chi connectivity index (χ0) is 22.9. The molecule has 1 fully saturated rings. The van der Waals surface area contributed by atoms with E-state index in [0.29, 0.717) is 35.3 Å². The van der Waals surface area contributed by atoms with Crippen molar-refractivity contribution in [3.05, 3.63) is 63.9 Å². The number of hydrogen-bond donors (Lipinski definition) is 0. The molecule has 8 heteroatoms. The molecule has 0 saturated heterocycles. The lowest BCUT2D eigenvalue weighted by molar-refractivity contribution is 0.354. The maximum absolute atomic E-state index is 12.8. The highest BCUT2D eigenvalue weighted by atomic mass is 16.5. The Morgan fingerprint density at radius 3 is 2.58 bits per heavy atom. The molecule has 0 atom stereocenters. The Kier molecular flexibility index (Phi) is 5.58. The molecule has 0 spiro atoms. The molecule has 0 N–H and O–H groups in total. The number of aryl methyl sites for hydroxylation is 1. The van der Waals surface area contributed by atoms with Crippen molar-refractivity contribution in [1.29, 1.82) is 0 Å². The quantitative estimate of drug-likeness (QED) is 0.431. The van der Waals surface area contributed by atoms with Crippen LogP contribution in [-0.2, 0) is 6.42 Å². The van der Waals surface area contributed by atoms with E-state index in [1.165, 1.54) is 0 Å². The zero-order valence-electron chi connectivity index (χ0n) is 19.0. The van der Waals surface area contributed by atoms with Crippen LogP contribution >= 0.6 is 0 Å². The predicted molar refractivity (Wildman–Crippen MR) is 124 cm³/mol. The third kappa shape index (κ3) is 3.97. The lowest BCUT2D eigenvalue weighted by atomic mass is 10.1. The minimum Gasteiger partial charge on any atom is -0.493 e. The van der Waals surface area contributed by atoms with Crippen LogP contribution in [0.5, 0.6) is 11.5 Å². The van der Waals surface area contributed by atoms with Gasteiger partial charge in [0.15, 0.2) is 11.5 Å². The second-order valence-electron chi connectivity index (χ2n) is 8.39. The van der Waals surface area contributed by atoms with Gasteiger partial charge in [-0.3, -0.25) is 4.79 Å². The minimum atomic E-state index is -0.00100. The summed E-state index contributed by atoms with van der Waals surface area (Å²) >= 11 is 0. The number of ether oxygens (including phenoxy) is 2. The highest BCUT2D eigenvalue weighted by molar-refractivity contribution is 5.80. The topological polar surface area (TPSA) is 92.3 Å². The Labute approximate surface area is 191 Å².